The van der Waals surface area contributed by atoms with Gasteiger partial charge in [-0.1, -0.05) is 11.6 Å². The monoisotopic (exact) mass is 257 g/mol. The molecule has 0 aliphatic carbocycles. The number of hydrogen-bond donors (Lipinski definition) is 1. The molecule has 0 saturated carbocycles. The second kappa shape index (κ2) is 4.81. The summed E-state index contributed by atoms with van der Waals surface area (Å²) in [6, 6.07) is 2.65. The second-order valence-corrected chi connectivity index (χ2v) is 4.04. The van der Waals surface area contributed by atoms with Crippen molar-refractivity contribution in [2.24, 2.45) is 5.73 Å². The van der Waals surface area contributed by atoms with Gasteiger partial charge in [0.25, 0.3) is 0 Å². The van der Waals surface area contributed by atoms with Crippen molar-refractivity contribution in [1.29, 1.82) is 0 Å². The molecule has 0 radical (unpaired) electrons. The summed E-state index contributed by atoms with van der Waals surface area (Å²) < 4.78 is 15.0. The minimum Gasteiger partial charge on any atom is -0.468 e. The maximum absolute atomic E-state index is 11.2. The summed E-state index contributed by atoms with van der Waals surface area (Å²) in [6.07, 6.45) is 0.294. The Bertz CT molecular complexity index is 449. The van der Waals surface area contributed by atoms with Crippen LogP contribution in [0, 0.1) is 0 Å². The molecule has 0 fully saturated rings. The summed E-state index contributed by atoms with van der Waals surface area (Å²) in [5.41, 5.74) is 6.40. The van der Waals surface area contributed by atoms with Gasteiger partial charge in [0.15, 0.2) is 11.5 Å². The van der Waals surface area contributed by atoms with Crippen LogP contribution < -0.4 is 15.2 Å². The quantitative estimate of drug-likeness (QED) is 0.822. The molecule has 1 aromatic rings. The van der Waals surface area contributed by atoms with Crippen LogP contribution in [0.25, 0.3) is 0 Å². The third-order valence-corrected chi connectivity index (χ3v) is 2.84. The van der Waals surface area contributed by atoms with Crippen LogP contribution in [-0.4, -0.2) is 25.9 Å². The summed E-state index contributed by atoms with van der Waals surface area (Å²) >= 11 is 6.06. The second-order valence-electron chi connectivity index (χ2n) is 3.63. The summed E-state index contributed by atoms with van der Waals surface area (Å²) in [7, 11) is 1.30. The van der Waals surface area contributed by atoms with E-state index in [1.54, 1.807) is 12.1 Å². The number of carbonyl (C=O) groups is 1. The molecule has 2 N–H and O–H groups in total. The number of nitrogens with two attached hydrogens (primary N) is 1. The molecule has 5 nitrogen and oxygen atoms in total. The number of ether oxygens (including phenoxy) is 3. The Morgan fingerprint density at radius 2 is 2.18 bits per heavy atom. The third-order valence-electron chi connectivity index (χ3n) is 2.49. The first kappa shape index (κ1) is 12.0. The molecule has 92 valence electrons. The molecule has 1 atom stereocenters. The van der Waals surface area contributed by atoms with Gasteiger partial charge in [0.05, 0.1) is 7.11 Å². The molecular weight excluding hydrogens is 246 g/mol. The SMILES string of the molecule is COC(=O)C(N)Cc1cc2c(cc1Cl)OCO2. The van der Waals surface area contributed by atoms with E-state index in [2.05, 4.69) is 4.74 Å². The van der Waals surface area contributed by atoms with Gasteiger partial charge in [-0.25, -0.2) is 0 Å². The predicted molar refractivity (Wildman–Crippen MR) is 61.3 cm³/mol. The van der Waals surface area contributed by atoms with Crippen LogP contribution in [0.1, 0.15) is 5.56 Å². The van der Waals surface area contributed by atoms with Crippen molar-refractivity contribution >= 4 is 17.6 Å². The Morgan fingerprint density at radius 1 is 1.53 bits per heavy atom. The lowest BCUT2D eigenvalue weighted by Crippen LogP contribution is -2.33. The number of rotatable bonds is 3. The fourth-order valence-corrected chi connectivity index (χ4v) is 1.82. The van der Waals surface area contributed by atoms with Gasteiger partial charge in [-0.3, -0.25) is 4.79 Å². The molecule has 1 heterocycles. The summed E-state index contributed by atoms with van der Waals surface area (Å²) in [4.78, 5) is 11.2. The molecule has 1 unspecified atom stereocenters. The highest BCUT2D eigenvalue weighted by Gasteiger charge is 2.20. The standard InChI is InChI=1S/C11H12ClNO4/c1-15-11(14)8(13)2-6-3-9-10(4-7(6)12)17-5-16-9/h3-4,8H,2,5,13H2,1H3. The number of esters is 1. The highest BCUT2D eigenvalue weighted by Crippen LogP contribution is 2.37. The first-order chi connectivity index (χ1) is 8.11. The maximum atomic E-state index is 11.2. The average molecular weight is 258 g/mol. The number of benzene rings is 1. The minimum absolute atomic E-state index is 0.179. The molecule has 1 aromatic carbocycles. The number of fused-ring (bicyclic) bond motifs is 1. The number of carbonyl (C=O) groups excluding carboxylic acids is 1. The van der Waals surface area contributed by atoms with E-state index in [0.29, 0.717) is 22.9 Å². The number of methoxy groups -OCH3 is 1. The van der Waals surface area contributed by atoms with Crippen molar-refractivity contribution in [2.45, 2.75) is 12.5 Å². The molecule has 0 amide bonds. The lowest BCUT2D eigenvalue weighted by molar-refractivity contribution is -0.142. The Hall–Kier alpha value is -1.46. The summed E-state index contributed by atoms with van der Waals surface area (Å²) in [6.45, 7) is 0.179. The largest absolute Gasteiger partial charge is 0.468 e. The van der Waals surface area contributed by atoms with E-state index in [1.807, 2.05) is 0 Å². The zero-order chi connectivity index (χ0) is 12.4. The lowest BCUT2D eigenvalue weighted by Gasteiger charge is -2.11. The Morgan fingerprint density at radius 3 is 2.82 bits per heavy atom. The first-order valence-corrected chi connectivity index (χ1v) is 5.41. The van der Waals surface area contributed by atoms with Gasteiger partial charge in [0, 0.05) is 11.1 Å². The van der Waals surface area contributed by atoms with Crippen LogP contribution in [0.5, 0.6) is 11.5 Å². The van der Waals surface area contributed by atoms with Gasteiger partial charge in [0.1, 0.15) is 6.04 Å². The topological polar surface area (TPSA) is 70.8 Å². The van der Waals surface area contributed by atoms with E-state index in [-0.39, 0.29) is 6.79 Å². The fraction of sp³-hybridized carbons (Fsp3) is 0.364. The van der Waals surface area contributed by atoms with Gasteiger partial charge in [-0.15, -0.1) is 0 Å². The predicted octanol–water partition coefficient (Wildman–Crippen LogP) is 1.11. The van der Waals surface area contributed by atoms with Crippen LogP contribution >= 0.6 is 11.6 Å². The highest BCUT2D eigenvalue weighted by molar-refractivity contribution is 6.31. The molecule has 0 bridgehead atoms. The molecular formula is C11H12ClNO4. The lowest BCUT2D eigenvalue weighted by atomic mass is 10.1. The molecule has 6 heteroatoms. The van der Waals surface area contributed by atoms with Crippen molar-refractivity contribution in [3.05, 3.63) is 22.7 Å². The van der Waals surface area contributed by atoms with Crippen LogP contribution in [0.15, 0.2) is 12.1 Å². The van der Waals surface area contributed by atoms with Crippen molar-refractivity contribution < 1.29 is 19.0 Å². The van der Waals surface area contributed by atoms with Crippen LogP contribution in [0.3, 0.4) is 0 Å². The van der Waals surface area contributed by atoms with E-state index < -0.39 is 12.0 Å². The molecule has 0 aromatic heterocycles. The summed E-state index contributed by atoms with van der Waals surface area (Å²) in [5.74, 6) is 0.741. The average Bonchev–Trinajstić information content (AvgIpc) is 2.75. The van der Waals surface area contributed by atoms with Crippen molar-refractivity contribution in [3.8, 4) is 11.5 Å². The Kier molecular flexibility index (Phi) is 3.40. The van der Waals surface area contributed by atoms with Crippen LogP contribution in [0.4, 0.5) is 0 Å². The molecule has 0 spiro atoms. The van der Waals surface area contributed by atoms with Crippen molar-refractivity contribution in [1.82, 2.24) is 0 Å². The fourth-order valence-electron chi connectivity index (χ4n) is 1.59. The van der Waals surface area contributed by atoms with Gasteiger partial charge in [0.2, 0.25) is 6.79 Å². The molecule has 2 rings (SSSR count). The Labute approximate surface area is 103 Å². The van der Waals surface area contributed by atoms with Crippen LogP contribution in [0.2, 0.25) is 5.02 Å². The van der Waals surface area contributed by atoms with E-state index in [0.717, 1.165) is 5.56 Å². The van der Waals surface area contributed by atoms with E-state index >= 15 is 0 Å². The maximum Gasteiger partial charge on any atom is 0.322 e. The van der Waals surface area contributed by atoms with Crippen molar-refractivity contribution in [2.75, 3.05) is 13.9 Å². The molecule has 1 aliphatic heterocycles. The Balaban J connectivity index is 2.19. The highest BCUT2D eigenvalue weighted by atomic mass is 35.5. The van der Waals surface area contributed by atoms with Gasteiger partial charge >= 0.3 is 5.97 Å². The van der Waals surface area contributed by atoms with E-state index in [9.17, 15) is 4.79 Å². The number of halogens is 1. The molecule has 1 aliphatic rings. The van der Waals surface area contributed by atoms with Crippen LogP contribution in [-0.2, 0) is 16.0 Å². The molecule has 17 heavy (non-hydrogen) atoms. The smallest absolute Gasteiger partial charge is 0.322 e. The normalized spacial score (nSPS) is 14.5. The van der Waals surface area contributed by atoms with Gasteiger partial charge in [-0.2, -0.15) is 0 Å². The van der Waals surface area contributed by atoms with Gasteiger partial charge in [-0.05, 0) is 18.1 Å². The zero-order valence-corrected chi connectivity index (χ0v) is 9.99. The molecule has 0 saturated heterocycles. The van der Waals surface area contributed by atoms with E-state index in [4.69, 9.17) is 26.8 Å². The first-order valence-electron chi connectivity index (χ1n) is 5.03. The zero-order valence-electron chi connectivity index (χ0n) is 9.23. The summed E-state index contributed by atoms with van der Waals surface area (Å²) in [5, 5.41) is 0.494. The third kappa shape index (κ3) is 2.45. The van der Waals surface area contributed by atoms with Crippen molar-refractivity contribution in [3.63, 3.8) is 0 Å². The van der Waals surface area contributed by atoms with Gasteiger partial charge < -0.3 is 19.9 Å². The number of hydrogen-bond acceptors (Lipinski definition) is 5. The van der Waals surface area contributed by atoms with E-state index in [1.165, 1.54) is 7.11 Å². The minimum atomic E-state index is -0.738.